The van der Waals surface area contributed by atoms with Crippen molar-refractivity contribution in [3.63, 3.8) is 0 Å². The summed E-state index contributed by atoms with van der Waals surface area (Å²) >= 11 is 2.90. The first-order valence-corrected chi connectivity index (χ1v) is 8.59. The molecule has 1 unspecified atom stereocenters. The minimum absolute atomic E-state index is 0.0470. The number of nitrogens with two attached hydrogens (primary N) is 1. The van der Waals surface area contributed by atoms with Crippen molar-refractivity contribution >= 4 is 31.9 Å². The molecule has 0 saturated carbocycles. The molecule has 0 saturated heterocycles. The predicted octanol–water partition coefficient (Wildman–Crippen LogP) is 2.83. The molecular weight excluding hydrogens is 365 g/mol. The Kier molecular flexibility index (Phi) is 5.89. The molecule has 0 aliphatic carbocycles. The summed E-state index contributed by atoms with van der Waals surface area (Å²) in [5.74, 6) is -1.49. The molecular formula is C13H17BrFNO4S. The van der Waals surface area contributed by atoms with E-state index in [1.807, 2.05) is 13.8 Å². The molecule has 5 nitrogen and oxygen atoms in total. The second-order valence-electron chi connectivity index (χ2n) is 5.15. The van der Waals surface area contributed by atoms with Gasteiger partial charge in [-0.2, -0.15) is 0 Å². The molecule has 2 N–H and O–H groups in total. The van der Waals surface area contributed by atoms with Crippen LogP contribution in [0.1, 0.15) is 37.6 Å². The fourth-order valence-corrected chi connectivity index (χ4v) is 3.47. The summed E-state index contributed by atoms with van der Waals surface area (Å²) in [4.78, 5) is 11.6. The Morgan fingerprint density at radius 3 is 2.43 bits per heavy atom. The lowest BCUT2D eigenvalue weighted by molar-refractivity contribution is 0.0294. The lowest BCUT2D eigenvalue weighted by Crippen LogP contribution is -2.19. The molecule has 0 aliphatic rings. The predicted molar refractivity (Wildman–Crippen MR) is 79.8 cm³/mol. The van der Waals surface area contributed by atoms with Crippen LogP contribution in [0.3, 0.4) is 0 Å². The smallest absolute Gasteiger partial charge is 0.341 e. The zero-order valence-electron chi connectivity index (χ0n) is 11.9. The molecule has 1 atom stereocenters. The van der Waals surface area contributed by atoms with Crippen LogP contribution < -0.4 is 5.14 Å². The third kappa shape index (κ3) is 5.05. The Balaban J connectivity index is 3.10. The lowest BCUT2D eigenvalue weighted by Gasteiger charge is -2.16. The fraction of sp³-hybridized carbons (Fsp3) is 0.462. The number of hydrogen-bond acceptors (Lipinski definition) is 4. The van der Waals surface area contributed by atoms with Crippen LogP contribution in [0.25, 0.3) is 0 Å². The van der Waals surface area contributed by atoms with Crippen LogP contribution in [0.15, 0.2) is 21.5 Å². The van der Waals surface area contributed by atoms with E-state index in [1.54, 1.807) is 6.92 Å². The number of hydrogen-bond donors (Lipinski definition) is 1. The molecule has 0 amide bonds. The number of carbonyl (C=O) groups is 1. The topological polar surface area (TPSA) is 86.5 Å². The molecule has 0 aliphatic heterocycles. The number of carbonyl (C=O) groups excluding carboxylic acids is 1. The van der Waals surface area contributed by atoms with Gasteiger partial charge >= 0.3 is 5.97 Å². The summed E-state index contributed by atoms with van der Waals surface area (Å²) in [7, 11) is -4.08. The monoisotopic (exact) mass is 381 g/mol. The summed E-state index contributed by atoms with van der Waals surface area (Å²) < 4.78 is 41.6. The summed E-state index contributed by atoms with van der Waals surface area (Å²) in [6, 6.07) is 1.75. The number of benzene rings is 1. The van der Waals surface area contributed by atoms with Crippen LogP contribution in [0.2, 0.25) is 0 Å². The van der Waals surface area contributed by atoms with Gasteiger partial charge in [0.25, 0.3) is 0 Å². The first-order valence-electron chi connectivity index (χ1n) is 6.25. The van der Waals surface area contributed by atoms with Crippen molar-refractivity contribution < 1.29 is 22.3 Å². The highest BCUT2D eigenvalue weighted by molar-refractivity contribution is 9.10. The maximum absolute atomic E-state index is 13.8. The molecule has 21 heavy (non-hydrogen) atoms. The molecule has 0 heterocycles. The molecule has 0 aromatic heterocycles. The number of sulfonamides is 1. The molecule has 0 spiro atoms. The largest absolute Gasteiger partial charge is 0.459 e. The summed E-state index contributed by atoms with van der Waals surface area (Å²) in [6.07, 6.45) is 0.213. The van der Waals surface area contributed by atoms with Crippen LogP contribution >= 0.6 is 15.9 Å². The first-order chi connectivity index (χ1) is 9.52. The van der Waals surface area contributed by atoms with Gasteiger partial charge in [-0.15, -0.1) is 0 Å². The van der Waals surface area contributed by atoms with Crippen molar-refractivity contribution in [1.29, 1.82) is 0 Å². The van der Waals surface area contributed by atoms with Gasteiger partial charge in [0, 0.05) is 4.47 Å². The summed E-state index contributed by atoms with van der Waals surface area (Å²) in [6.45, 7) is 5.61. The van der Waals surface area contributed by atoms with Crippen LogP contribution in [0.5, 0.6) is 0 Å². The van der Waals surface area contributed by atoms with Gasteiger partial charge in [-0.05, 0) is 47.3 Å². The van der Waals surface area contributed by atoms with Crippen LogP contribution in [-0.4, -0.2) is 20.5 Å². The third-order valence-corrected chi connectivity index (χ3v) is 4.53. The highest BCUT2D eigenvalue weighted by atomic mass is 79.9. The van der Waals surface area contributed by atoms with Gasteiger partial charge in [-0.25, -0.2) is 22.7 Å². The van der Waals surface area contributed by atoms with E-state index in [0.29, 0.717) is 12.3 Å². The zero-order chi connectivity index (χ0) is 16.4. The lowest BCUT2D eigenvalue weighted by atomic mass is 10.1. The molecule has 0 fully saturated rings. The summed E-state index contributed by atoms with van der Waals surface area (Å²) in [5.41, 5.74) is -0.460. The van der Waals surface area contributed by atoms with E-state index >= 15 is 0 Å². The Labute approximate surface area is 131 Å². The van der Waals surface area contributed by atoms with Gasteiger partial charge in [0.05, 0.1) is 16.6 Å². The van der Waals surface area contributed by atoms with Crippen molar-refractivity contribution in [2.45, 2.75) is 38.2 Å². The van der Waals surface area contributed by atoms with Gasteiger partial charge in [-0.1, -0.05) is 13.8 Å². The molecule has 1 rings (SSSR count). The number of primary sulfonamides is 1. The van der Waals surface area contributed by atoms with Crippen LogP contribution in [-0.2, 0) is 14.8 Å². The molecule has 0 radical (unpaired) electrons. The minimum Gasteiger partial charge on any atom is -0.459 e. The Morgan fingerprint density at radius 1 is 1.38 bits per heavy atom. The van der Waals surface area contributed by atoms with Crippen LogP contribution in [0.4, 0.5) is 4.39 Å². The highest BCUT2D eigenvalue weighted by Crippen LogP contribution is 2.25. The van der Waals surface area contributed by atoms with E-state index in [1.165, 1.54) is 0 Å². The van der Waals surface area contributed by atoms with Gasteiger partial charge in [0.15, 0.2) is 0 Å². The normalized spacial score (nSPS) is 13.3. The first kappa shape index (κ1) is 18.1. The number of halogens is 2. The van der Waals surface area contributed by atoms with E-state index < -0.39 is 33.5 Å². The minimum atomic E-state index is -4.08. The maximum atomic E-state index is 13.8. The molecule has 118 valence electrons. The average Bonchev–Trinajstić information content (AvgIpc) is 2.24. The Morgan fingerprint density at radius 2 is 1.95 bits per heavy atom. The SMILES string of the molecule is CC(C)CC(C)OC(=O)c1cc(S(N)(=O)=O)c(Br)cc1F. The van der Waals surface area contributed by atoms with Gasteiger partial charge < -0.3 is 4.74 Å². The van der Waals surface area contributed by atoms with Crippen molar-refractivity contribution in [3.05, 3.63) is 28.0 Å². The van der Waals surface area contributed by atoms with E-state index in [4.69, 9.17) is 9.88 Å². The molecule has 0 bridgehead atoms. The van der Waals surface area contributed by atoms with Gasteiger partial charge in [-0.3, -0.25) is 0 Å². The van der Waals surface area contributed by atoms with Crippen molar-refractivity contribution in [2.75, 3.05) is 0 Å². The third-order valence-electron chi connectivity index (χ3n) is 2.66. The number of ether oxygens (including phenoxy) is 1. The maximum Gasteiger partial charge on any atom is 0.341 e. The second-order valence-corrected chi connectivity index (χ2v) is 7.54. The second kappa shape index (κ2) is 6.85. The Bertz CT molecular complexity index is 646. The van der Waals surface area contributed by atoms with E-state index in [9.17, 15) is 17.6 Å². The van der Waals surface area contributed by atoms with Gasteiger partial charge in [0.1, 0.15) is 5.82 Å². The van der Waals surface area contributed by atoms with E-state index in [2.05, 4.69) is 15.9 Å². The molecule has 1 aromatic rings. The van der Waals surface area contributed by atoms with Crippen LogP contribution in [0, 0.1) is 11.7 Å². The van der Waals surface area contributed by atoms with Crippen molar-refractivity contribution in [3.8, 4) is 0 Å². The quantitative estimate of drug-likeness (QED) is 0.794. The average molecular weight is 382 g/mol. The zero-order valence-corrected chi connectivity index (χ0v) is 14.3. The molecule has 1 aromatic carbocycles. The number of rotatable bonds is 5. The van der Waals surface area contributed by atoms with E-state index in [0.717, 1.165) is 12.1 Å². The van der Waals surface area contributed by atoms with Gasteiger partial charge in [0.2, 0.25) is 10.0 Å². The highest BCUT2D eigenvalue weighted by Gasteiger charge is 2.22. The van der Waals surface area contributed by atoms with Crippen molar-refractivity contribution in [1.82, 2.24) is 0 Å². The standard InChI is InChI=1S/C13H17BrFNO4S/c1-7(2)4-8(3)20-13(17)9-5-12(21(16,18)19)10(14)6-11(9)15/h5-8H,4H2,1-3H3,(H2,16,18,19). The molecule has 8 heteroatoms. The summed E-state index contributed by atoms with van der Waals surface area (Å²) in [5, 5.41) is 5.01. The Hall–Kier alpha value is -0.990. The van der Waals surface area contributed by atoms with Crippen molar-refractivity contribution in [2.24, 2.45) is 11.1 Å². The van der Waals surface area contributed by atoms with E-state index in [-0.39, 0.29) is 9.37 Å². The fourth-order valence-electron chi connectivity index (χ4n) is 1.86. The number of esters is 1.